The molecule has 1 aliphatic rings. The Hall–Kier alpha value is -1.94. The van der Waals surface area contributed by atoms with Gasteiger partial charge in [-0.3, -0.25) is 4.79 Å². The average molecular weight is 373 g/mol. The zero-order valence-electron chi connectivity index (χ0n) is 12.7. The quantitative estimate of drug-likeness (QED) is 0.591. The Kier molecular flexibility index (Phi) is 4.91. The lowest BCUT2D eigenvalue weighted by atomic mass is 9.90. The fourth-order valence-corrected chi connectivity index (χ4v) is 3.22. The highest BCUT2D eigenvalue weighted by molar-refractivity contribution is 9.10. The first-order valence-electron chi connectivity index (χ1n) is 7.71. The number of ketones is 1. The summed E-state index contributed by atoms with van der Waals surface area (Å²) in [6, 6.07) is 12.7. The lowest BCUT2D eigenvalue weighted by molar-refractivity contribution is 0.0474. The van der Waals surface area contributed by atoms with Crippen LogP contribution in [0.5, 0.6) is 0 Å². The zero-order valence-corrected chi connectivity index (χ0v) is 14.3. The molecule has 0 aromatic heterocycles. The number of rotatable bonds is 4. The normalized spacial score (nSPS) is 13.3. The Morgan fingerprint density at radius 2 is 1.74 bits per heavy atom. The summed E-state index contributed by atoms with van der Waals surface area (Å²) in [7, 11) is 0. The molecule has 0 spiro atoms. The van der Waals surface area contributed by atoms with Crippen molar-refractivity contribution < 1.29 is 14.3 Å². The Morgan fingerprint density at radius 1 is 0.957 bits per heavy atom. The van der Waals surface area contributed by atoms with Crippen molar-refractivity contribution in [2.24, 2.45) is 0 Å². The summed E-state index contributed by atoms with van der Waals surface area (Å²) in [4.78, 5) is 24.2. The van der Waals surface area contributed by atoms with E-state index in [-0.39, 0.29) is 12.4 Å². The van der Waals surface area contributed by atoms with Gasteiger partial charge in [0.25, 0.3) is 0 Å². The van der Waals surface area contributed by atoms with Gasteiger partial charge in [-0.1, -0.05) is 34.1 Å². The third-order valence-corrected chi connectivity index (χ3v) is 4.56. The molecule has 0 unspecified atom stereocenters. The van der Waals surface area contributed by atoms with Crippen molar-refractivity contribution >= 4 is 27.7 Å². The van der Waals surface area contributed by atoms with Crippen molar-refractivity contribution in [2.45, 2.75) is 25.7 Å². The van der Waals surface area contributed by atoms with Gasteiger partial charge in [0.05, 0.1) is 5.56 Å². The summed E-state index contributed by atoms with van der Waals surface area (Å²) in [5.74, 6) is -0.653. The van der Waals surface area contributed by atoms with Gasteiger partial charge in [-0.2, -0.15) is 0 Å². The standard InChI is InChI=1S/C19H17BrO3/c20-17-7-3-6-15(11-17)18(21)12-23-19(22)16-9-8-13-4-1-2-5-14(13)10-16/h3,6-11H,1-2,4-5,12H2. The van der Waals surface area contributed by atoms with Crippen LogP contribution in [0.25, 0.3) is 0 Å². The second-order valence-electron chi connectivity index (χ2n) is 5.70. The minimum absolute atomic E-state index is 0.211. The van der Waals surface area contributed by atoms with Gasteiger partial charge in [-0.15, -0.1) is 0 Å². The summed E-state index contributed by atoms with van der Waals surface area (Å²) in [5.41, 5.74) is 3.59. The van der Waals surface area contributed by atoms with Gasteiger partial charge in [0.2, 0.25) is 0 Å². The summed E-state index contributed by atoms with van der Waals surface area (Å²) in [6.45, 7) is -0.244. The number of benzene rings is 2. The van der Waals surface area contributed by atoms with Crippen LogP contribution >= 0.6 is 15.9 Å². The molecule has 2 aromatic rings. The Labute approximate surface area is 143 Å². The van der Waals surface area contributed by atoms with Gasteiger partial charge < -0.3 is 4.74 Å². The first-order valence-corrected chi connectivity index (χ1v) is 8.50. The molecule has 0 N–H and O–H groups in total. The van der Waals surface area contributed by atoms with Gasteiger partial charge in [-0.05, 0) is 61.1 Å². The number of Topliss-reactive ketones (excluding diaryl/α,β-unsaturated/α-hetero) is 1. The monoisotopic (exact) mass is 372 g/mol. The van der Waals surface area contributed by atoms with Crippen LogP contribution in [-0.2, 0) is 17.6 Å². The molecular weight excluding hydrogens is 356 g/mol. The fraction of sp³-hybridized carbons (Fsp3) is 0.263. The SMILES string of the molecule is O=C(COC(=O)c1ccc2c(c1)CCCC2)c1cccc(Br)c1. The zero-order chi connectivity index (χ0) is 16.2. The average Bonchev–Trinajstić information content (AvgIpc) is 2.59. The minimum Gasteiger partial charge on any atom is -0.454 e. The molecule has 3 nitrogen and oxygen atoms in total. The van der Waals surface area contributed by atoms with Crippen LogP contribution < -0.4 is 0 Å². The van der Waals surface area contributed by atoms with E-state index < -0.39 is 5.97 Å². The molecule has 0 saturated heterocycles. The maximum Gasteiger partial charge on any atom is 0.338 e. The molecule has 0 amide bonds. The largest absolute Gasteiger partial charge is 0.454 e. The Morgan fingerprint density at radius 3 is 2.52 bits per heavy atom. The number of hydrogen-bond donors (Lipinski definition) is 0. The molecule has 0 atom stereocenters. The fourth-order valence-electron chi connectivity index (χ4n) is 2.82. The highest BCUT2D eigenvalue weighted by atomic mass is 79.9. The molecular formula is C19H17BrO3. The first kappa shape index (κ1) is 15.9. The second-order valence-corrected chi connectivity index (χ2v) is 6.62. The number of hydrogen-bond acceptors (Lipinski definition) is 3. The summed E-state index contributed by atoms with van der Waals surface area (Å²) in [6.07, 6.45) is 4.45. The predicted molar refractivity (Wildman–Crippen MR) is 91.8 cm³/mol. The van der Waals surface area contributed by atoms with E-state index in [1.165, 1.54) is 17.5 Å². The van der Waals surface area contributed by atoms with Crippen molar-refractivity contribution in [1.82, 2.24) is 0 Å². The van der Waals surface area contributed by atoms with E-state index in [1.807, 2.05) is 18.2 Å². The highest BCUT2D eigenvalue weighted by Crippen LogP contribution is 2.22. The molecule has 0 radical (unpaired) electrons. The van der Waals surface area contributed by atoms with E-state index in [2.05, 4.69) is 15.9 Å². The van der Waals surface area contributed by atoms with Crippen molar-refractivity contribution in [3.8, 4) is 0 Å². The highest BCUT2D eigenvalue weighted by Gasteiger charge is 2.15. The van der Waals surface area contributed by atoms with Crippen molar-refractivity contribution in [1.29, 1.82) is 0 Å². The van der Waals surface area contributed by atoms with Crippen LogP contribution in [-0.4, -0.2) is 18.4 Å². The number of halogens is 1. The number of ether oxygens (including phenoxy) is 1. The van der Waals surface area contributed by atoms with Gasteiger partial charge in [0, 0.05) is 10.0 Å². The Bertz CT molecular complexity index is 752. The lowest BCUT2D eigenvalue weighted by Gasteiger charge is -2.16. The number of fused-ring (bicyclic) bond motifs is 1. The second kappa shape index (κ2) is 7.09. The molecule has 0 bridgehead atoms. The first-order chi connectivity index (χ1) is 11.1. The number of esters is 1. The van der Waals surface area contributed by atoms with Gasteiger partial charge >= 0.3 is 5.97 Å². The molecule has 0 aliphatic heterocycles. The van der Waals surface area contributed by atoms with E-state index >= 15 is 0 Å². The molecule has 0 fully saturated rings. The van der Waals surface area contributed by atoms with Crippen molar-refractivity contribution in [3.63, 3.8) is 0 Å². The topological polar surface area (TPSA) is 43.4 Å². The number of carbonyl (C=O) groups is 2. The molecule has 118 valence electrons. The van der Waals surface area contributed by atoms with Crippen molar-refractivity contribution in [2.75, 3.05) is 6.61 Å². The van der Waals surface area contributed by atoms with E-state index in [1.54, 1.807) is 24.3 Å². The maximum absolute atomic E-state index is 12.1. The summed E-state index contributed by atoms with van der Waals surface area (Å²) >= 11 is 3.32. The minimum atomic E-state index is -0.443. The third kappa shape index (κ3) is 3.88. The summed E-state index contributed by atoms with van der Waals surface area (Å²) < 4.78 is 5.99. The van der Waals surface area contributed by atoms with Crippen LogP contribution in [0.15, 0.2) is 46.9 Å². The maximum atomic E-state index is 12.1. The third-order valence-electron chi connectivity index (χ3n) is 4.07. The van der Waals surface area contributed by atoms with Crippen LogP contribution in [0.2, 0.25) is 0 Å². The Balaban J connectivity index is 1.64. The molecule has 23 heavy (non-hydrogen) atoms. The van der Waals surface area contributed by atoms with Gasteiger partial charge in [0.1, 0.15) is 0 Å². The van der Waals surface area contributed by atoms with E-state index in [0.29, 0.717) is 11.1 Å². The van der Waals surface area contributed by atoms with Crippen LogP contribution in [0.4, 0.5) is 0 Å². The number of aryl methyl sites for hydroxylation is 2. The van der Waals surface area contributed by atoms with E-state index in [9.17, 15) is 9.59 Å². The molecule has 2 aromatic carbocycles. The molecule has 0 heterocycles. The molecule has 1 aliphatic carbocycles. The van der Waals surface area contributed by atoms with Gasteiger partial charge in [0.15, 0.2) is 12.4 Å². The van der Waals surface area contributed by atoms with Crippen LogP contribution in [0, 0.1) is 0 Å². The van der Waals surface area contributed by atoms with E-state index in [0.717, 1.165) is 23.7 Å². The number of carbonyl (C=O) groups excluding carboxylic acids is 2. The molecule has 4 heteroatoms. The van der Waals surface area contributed by atoms with Gasteiger partial charge in [-0.25, -0.2) is 4.79 Å². The van der Waals surface area contributed by atoms with Crippen molar-refractivity contribution in [3.05, 3.63) is 69.2 Å². The van der Waals surface area contributed by atoms with Crippen LogP contribution in [0.1, 0.15) is 44.7 Å². The smallest absolute Gasteiger partial charge is 0.338 e. The molecule has 0 saturated carbocycles. The summed E-state index contributed by atoms with van der Waals surface area (Å²) in [5, 5.41) is 0. The predicted octanol–water partition coefficient (Wildman–Crippen LogP) is 4.37. The van der Waals surface area contributed by atoms with Crippen LogP contribution in [0.3, 0.4) is 0 Å². The van der Waals surface area contributed by atoms with E-state index in [4.69, 9.17) is 4.74 Å². The lowest BCUT2D eigenvalue weighted by Crippen LogP contribution is -2.15. The molecule has 3 rings (SSSR count).